The summed E-state index contributed by atoms with van der Waals surface area (Å²) in [5.41, 5.74) is 2.19. The molecule has 1 unspecified atom stereocenters. The van der Waals surface area contributed by atoms with Crippen LogP contribution in [-0.2, 0) is 0 Å². The molecule has 1 aliphatic carbocycles. The first-order valence-electron chi connectivity index (χ1n) is 12.5. The van der Waals surface area contributed by atoms with E-state index in [-0.39, 0.29) is 18.9 Å². The van der Waals surface area contributed by atoms with Gasteiger partial charge in [0.15, 0.2) is 17.7 Å². The number of aliphatic hydroxyl groups is 1. The van der Waals surface area contributed by atoms with E-state index in [1.165, 1.54) is 18.4 Å². The second kappa shape index (κ2) is 10.2. The van der Waals surface area contributed by atoms with Crippen molar-refractivity contribution in [1.82, 2.24) is 4.90 Å². The summed E-state index contributed by atoms with van der Waals surface area (Å²) in [5, 5.41) is 10.9. The molecule has 2 saturated heterocycles. The first-order chi connectivity index (χ1) is 16.9. The van der Waals surface area contributed by atoms with Gasteiger partial charge < -0.3 is 24.2 Å². The summed E-state index contributed by atoms with van der Waals surface area (Å²) in [6, 6.07) is 13.8. The zero-order valence-electron chi connectivity index (χ0n) is 20.2. The molecule has 0 spiro atoms. The maximum Gasteiger partial charge on any atom is 0.250 e. The Morgan fingerprint density at radius 1 is 0.971 bits per heavy atom. The summed E-state index contributed by atoms with van der Waals surface area (Å²) in [7, 11) is 1.58. The lowest BCUT2D eigenvalue weighted by Crippen LogP contribution is -2.41. The summed E-state index contributed by atoms with van der Waals surface area (Å²) in [6.45, 7) is 2.41. The van der Waals surface area contributed by atoms with Crippen LogP contribution in [0.15, 0.2) is 42.5 Å². The summed E-state index contributed by atoms with van der Waals surface area (Å²) in [5.74, 6) is 0.104. The van der Waals surface area contributed by atoms with Crippen molar-refractivity contribution < 1.29 is 28.1 Å². The van der Waals surface area contributed by atoms with Crippen LogP contribution in [0, 0.1) is 0 Å². The quantitative estimate of drug-likeness (QED) is 0.554. The highest BCUT2D eigenvalue weighted by atomic mass is 19.3. The molecule has 2 aromatic carbocycles. The van der Waals surface area contributed by atoms with E-state index < -0.39 is 12.2 Å². The van der Waals surface area contributed by atoms with Crippen molar-refractivity contribution in [2.45, 2.75) is 56.3 Å². The highest BCUT2D eigenvalue weighted by molar-refractivity contribution is 5.57. The first kappa shape index (κ1) is 24.1. The lowest BCUT2D eigenvalue weighted by atomic mass is 10.1. The minimum Gasteiger partial charge on any atom is -0.493 e. The van der Waals surface area contributed by atoms with Crippen LogP contribution in [0.4, 0.5) is 14.5 Å². The molecule has 2 atom stereocenters. The lowest BCUT2D eigenvalue weighted by molar-refractivity contribution is -0.0564. The third-order valence-electron chi connectivity index (χ3n) is 7.25. The normalized spacial score (nSPS) is 24.4. The molecule has 6 nitrogen and oxygen atoms in total. The van der Waals surface area contributed by atoms with E-state index in [0.717, 1.165) is 11.4 Å². The Hall–Kier alpha value is -2.58. The second-order valence-electron chi connectivity index (χ2n) is 9.78. The Kier molecular flexibility index (Phi) is 7.02. The van der Waals surface area contributed by atoms with E-state index in [9.17, 15) is 13.9 Å². The van der Waals surface area contributed by atoms with Crippen LogP contribution in [0.25, 0.3) is 0 Å². The number of hydrogen-bond acceptors (Lipinski definition) is 6. The predicted octanol–water partition coefficient (Wildman–Crippen LogP) is 4.66. The highest BCUT2D eigenvalue weighted by Crippen LogP contribution is 2.41. The molecule has 2 aromatic rings. The molecule has 0 amide bonds. The molecule has 0 radical (unpaired) electrons. The Balaban J connectivity index is 1.15. The van der Waals surface area contributed by atoms with Gasteiger partial charge >= 0.3 is 0 Å². The van der Waals surface area contributed by atoms with Gasteiger partial charge in [0.2, 0.25) is 0 Å². The summed E-state index contributed by atoms with van der Waals surface area (Å²) in [6.07, 6.45) is 1.96. The third kappa shape index (κ3) is 5.81. The Morgan fingerprint density at radius 3 is 2.40 bits per heavy atom. The van der Waals surface area contributed by atoms with E-state index in [1.807, 2.05) is 40.1 Å². The Bertz CT molecular complexity index is 989. The zero-order valence-corrected chi connectivity index (χ0v) is 20.2. The van der Waals surface area contributed by atoms with Gasteiger partial charge in [0, 0.05) is 57.2 Å². The van der Waals surface area contributed by atoms with Crippen LogP contribution >= 0.6 is 0 Å². The number of benzene rings is 2. The lowest BCUT2D eigenvalue weighted by Gasteiger charge is -2.31. The van der Waals surface area contributed by atoms with E-state index in [0.29, 0.717) is 56.6 Å². The molecular weight excluding hydrogens is 454 g/mol. The first-order valence-corrected chi connectivity index (χ1v) is 12.5. The number of ether oxygens (including phenoxy) is 3. The maximum absolute atomic E-state index is 13.3. The SMILES string of the molecule is COc1cc(N2CC[C@H](Oc3ccc(C4CC4)cc3)C2O)ccc1OCCN1CCC(F)(F)CC1. The van der Waals surface area contributed by atoms with Gasteiger partial charge in [-0.1, -0.05) is 12.1 Å². The number of likely N-dealkylation sites (tertiary alicyclic amines) is 1. The number of hydrogen-bond donors (Lipinski definition) is 1. The van der Waals surface area contributed by atoms with Gasteiger partial charge in [-0.05, 0) is 48.6 Å². The number of piperidine rings is 1. The molecule has 3 fully saturated rings. The fourth-order valence-electron chi connectivity index (χ4n) is 4.90. The standard InChI is InChI=1S/C27H34F2N2O4/c1-33-25-18-21(6-9-23(25)34-17-16-30-14-11-27(28,29)12-15-30)31-13-10-24(26(31)32)35-22-7-4-20(5-8-22)19-2-3-19/h4-9,18-19,24,26,32H,2-3,10-17H2,1H3/t24-,26?/m0/s1. The molecular formula is C27H34F2N2O4. The van der Waals surface area contributed by atoms with Crippen LogP contribution < -0.4 is 19.1 Å². The van der Waals surface area contributed by atoms with Gasteiger partial charge in [-0.15, -0.1) is 0 Å². The number of alkyl halides is 2. The van der Waals surface area contributed by atoms with E-state index in [2.05, 4.69) is 12.1 Å². The summed E-state index contributed by atoms with van der Waals surface area (Å²) < 4.78 is 44.2. The van der Waals surface area contributed by atoms with Crippen molar-refractivity contribution in [1.29, 1.82) is 0 Å². The monoisotopic (exact) mass is 488 g/mol. The predicted molar refractivity (Wildman–Crippen MR) is 130 cm³/mol. The van der Waals surface area contributed by atoms with E-state index in [4.69, 9.17) is 14.2 Å². The zero-order chi connectivity index (χ0) is 24.4. The number of halogens is 2. The summed E-state index contributed by atoms with van der Waals surface area (Å²) >= 11 is 0. The van der Waals surface area contributed by atoms with Crippen molar-refractivity contribution in [3.8, 4) is 17.2 Å². The molecule has 2 aliphatic heterocycles. The second-order valence-corrected chi connectivity index (χ2v) is 9.78. The van der Waals surface area contributed by atoms with Crippen LogP contribution in [0.2, 0.25) is 0 Å². The fraction of sp³-hybridized carbons (Fsp3) is 0.556. The van der Waals surface area contributed by atoms with Crippen molar-refractivity contribution in [3.05, 3.63) is 48.0 Å². The Morgan fingerprint density at radius 2 is 1.71 bits per heavy atom. The molecule has 35 heavy (non-hydrogen) atoms. The van der Waals surface area contributed by atoms with Crippen molar-refractivity contribution in [2.24, 2.45) is 0 Å². The number of aliphatic hydroxyl groups excluding tert-OH is 1. The maximum atomic E-state index is 13.3. The van der Waals surface area contributed by atoms with Gasteiger partial charge in [-0.25, -0.2) is 8.78 Å². The average molecular weight is 489 g/mol. The molecule has 1 saturated carbocycles. The van der Waals surface area contributed by atoms with Gasteiger partial charge in [0.05, 0.1) is 7.11 Å². The fourth-order valence-corrected chi connectivity index (χ4v) is 4.90. The van der Waals surface area contributed by atoms with Gasteiger partial charge in [0.1, 0.15) is 18.5 Å². The van der Waals surface area contributed by atoms with Gasteiger partial charge in [-0.3, -0.25) is 4.90 Å². The number of nitrogens with zero attached hydrogens (tertiary/aromatic N) is 2. The van der Waals surface area contributed by atoms with Crippen LogP contribution in [0.1, 0.15) is 43.6 Å². The molecule has 3 aliphatic rings. The van der Waals surface area contributed by atoms with Crippen molar-refractivity contribution in [2.75, 3.05) is 44.8 Å². The van der Waals surface area contributed by atoms with Crippen LogP contribution in [-0.4, -0.2) is 68.2 Å². The van der Waals surface area contributed by atoms with Crippen molar-refractivity contribution >= 4 is 5.69 Å². The third-order valence-corrected chi connectivity index (χ3v) is 7.25. The number of anilines is 1. The molecule has 8 heteroatoms. The van der Waals surface area contributed by atoms with Gasteiger partial charge in [-0.2, -0.15) is 0 Å². The highest BCUT2D eigenvalue weighted by Gasteiger charge is 2.35. The van der Waals surface area contributed by atoms with Crippen molar-refractivity contribution in [3.63, 3.8) is 0 Å². The number of rotatable bonds is 9. The smallest absolute Gasteiger partial charge is 0.250 e. The van der Waals surface area contributed by atoms with Gasteiger partial charge in [0.25, 0.3) is 5.92 Å². The molecule has 5 rings (SSSR count). The molecule has 1 N–H and O–H groups in total. The largest absolute Gasteiger partial charge is 0.493 e. The minimum absolute atomic E-state index is 0.0976. The van der Waals surface area contributed by atoms with E-state index >= 15 is 0 Å². The molecule has 190 valence electrons. The topological polar surface area (TPSA) is 54.4 Å². The Labute approximate surface area is 205 Å². The van der Waals surface area contributed by atoms with Crippen LogP contribution in [0.5, 0.6) is 17.2 Å². The number of methoxy groups -OCH3 is 1. The average Bonchev–Trinajstić information content (AvgIpc) is 3.65. The minimum atomic E-state index is -2.54. The molecule has 2 heterocycles. The van der Waals surface area contributed by atoms with E-state index in [1.54, 1.807) is 7.11 Å². The van der Waals surface area contributed by atoms with Crippen LogP contribution in [0.3, 0.4) is 0 Å². The molecule has 0 aromatic heterocycles. The molecule has 0 bridgehead atoms. The summed E-state index contributed by atoms with van der Waals surface area (Å²) in [4.78, 5) is 3.90.